The minimum atomic E-state index is 0.457. The Hall–Kier alpha value is -0.350. The van der Waals surface area contributed by atoms with Crippen LogP contribution in [0.2, 0.25) is 5.15 Å². The number of hydrogen-bond donors (Lipinski definition) is 1. The molecule has 0 aromatic carbocycles. The van der Waals surface area contributed by atoms with Crippen molar-refractivity contribution in [3.05, 3.63) is 16.0 Å². The molecule has 1 aromatic rings. The van der Waals surface area contributed by atoms with Gasteiger partial charge in [0, 0.05) is 6.54 Å². The fraction of sp³-hybridized carbons (Fsp3) is 0.667. The van der Waals surface area contributed by atoms with Gasteiger partial charge in [0.15, 0.2) is 0 Å². The molecule has 1 heterocycles. The van der Waals surface area contributed by atoms with E-state index in [0.717, 1.165) is 22.8 Å². The van der Waals surface area contributed by atoms with Crippen molar-refractivity contribution < 1.29 is 0 Å². The third-order valence-electron chi connectivity index (χ3n) is 3.30. The first-order valence-corrected chi connectivity index (χ1v) is 7.34. The second kappa shape index (κ2) is 6.55. The fourth-order valence-corrected chi connectivity index (χ4v) is 2.85. The Morgan fingerprint density at radius 2 is 2.12 bits per heavy atom. The van der Waals surface area contributed by atoms with Crippen molar-refractivity contribution in [3.8, 4) is 0 Å². The van der Waals surface area contributed by atoms with Gasteiger partial charge in [0.05, 0.1) is 4.47 Å². The normalized spacial score (nSPS) is 16.4. The molecule has 0 atom stereocenters. The molecular weight excluding hydrogens is 302 g/mol. The number of rotatable bonds is 5. The standard InChI is InChI=1S/C12H17BrClN3/c13-10-11(14)16-8-17-12(10)15-7-3-6-9-4-1-2-5-9/h8-9H,1-7H2,(H,15,16,17). The third-order valence-corrected chi connectivity index (χ3v) is 4.57. The first-order chi connectivity index (χ1) is 8.27. The maximum atomic E-state index is 5.89. The lowest BCUT2D eigenvalue weighted by Gasteiger charge is -2.10. The Morgan fingerprint density at radius 3 is 2.88 bits per heavy atom. The molecule has 1 fully saturated rings. The molecule has 1 aliphatic carbocycles. The number of hydrogen-bond acceptors (Lipinski definition) is 3. The van der Waals surface area contributed by atoms with Gasteiger partial charge in [0.1, 0.15) is 17.3 Å². The lowest BCUT2D eigenvalue weighted by Crippen LogP contribution is -2.06. The maximum absolute atomic E-state index is 5.89. The van der Waals surface area contributed by atoms with Gasteiger partial charge in [-0.15, -0.1) is 0 Å². The smallest absolute Gasteiger partial charge is 0.148 e. The van der Waals surface area contributed by atoms with Crippen LogP contribution in [0.3, 0.4) is 0 Å². The Balaban J connectivity index is 1.72. The van der Waals surface area contributed by atoms with Crippen molar-refractivity contribution in [3.63, 3.8) is 0 Å². The fourth-order valence-electron chi connectivity index (χ4n) is 2.37. The van der Waals surface area contributed by atoms with E-state index in [-0.39, 0.29) is 0 Å². The molecular formula is C12H17BrClN3. The highest BCUT2D eigenvalue weighted by Gasteiger charge is 2.14. The molecule has 2 rings (SSSR count). The molecule has 0 spiro atoms. The Morgan fingerprint density at radius 1 is 1.35 bits per heavy atom. The molecule has 3 nitrogen and oxygen atoms in total. The van der Waals surface area contributed by atoms with E-state index in [1.807, 2.05) is 0 Å². The molecule has 1 aliphatic rings. The first-order valence-electron chi connectivity index (χ1n) is 6.17. The second-order valence-corrected chi connectivity index (χ2v) is 5.70. The summed E-state index contributed by atoms with van der Waals surface area (Å²) in [6.45, 7) is 0.947. The minimum Gasteiger partial charge on any atom is -0.369 e. The van der Waals surface area contributed by atoms with Crippen molar-refractivity contribution in [1.29, 1.82) is 0 Å². The highest BCUT2D eigenvalue weighted by Crippen LogP contribution is 2.29. The van der Waals surface area contributed by atoms with Crippen molar-refractivity contribution in [1.82, 2.24) is 9.97 Å². The van der Waals surface area contributed by atoms with Gasteiger partial charge in [-0.05, 0) is 34.7 Å². The molecule has 94 valence electrons. The number of nitrogens with one attached hydrogen (secondary N) is 1. The van der Waals surface area contributed by atoms with Gasteiger partial charge in [-0.3, -0.25) is 0 Å². The average Bonchev–Trinajstić information content (AvgIpc) is 2.83. The molecule has 17 heavy (non-hydrogen) atoms. The summed E-state index contributed by atoms with van der Waals surface area (Å²) in [4.78, 5) is 8.05. The summed E-state index contributed by atoms with van der Waals surface area (Å²) < 4.78 is 0.752. The highest BCUT2D eigenvalue weighted by atomic mass is 79.9. The van der Waals surface area contributed by atoms with Gasteiger partial charge < -0.3 is 5.32 Å². The van der Waals surface area contributed by atoms with Crippen LogP contribution in [0.25, 0.3) is 0 Å². The second-order valence-electron chi connectivity index (χ2n) is 4.55. The van der Waals surface area contributed by atoms with Crippen LogP contribution in [-0.4, -0.2) is 16.5 Å². The van der Waals surface area contributed by atoms with E-state index < -0.39 is 0 Å². The first kappa shape index (κ1) is 13.1. The van der Waals surface area contributed by atoms with Gasteiger partial charge in [0.2, 0.25) is 0 Å². The van der Waals surface area contributed by atoms with Gasteiger partial charge in [-0.2, -0.15) is 0 Å². The minimum absolute atomic E-state index is 0.457. The van der Waals surface area contributed by atoms with Crippen molar-refractivity contribution in [2.45, 2.75) is 38.5 Å². The SMILES string of the molecule is Clc1ncnc(NCCCC2CCCC2)c1Br. The lowest BCUT2D eigenvalue weighted by atomic mass is 10.0. The van der Waals surface area contributed by atoms with E-state index in [4.69, 9.17) is 11.6 Å². The summed E-state index contributed by atoms with van der Waals surface area (Å²) in [7, 11) is 0. The predicted octanol–water partition coefficient (Wildman–Crippen LogP) is 4.27. The summed E-state index contributed by atoms with van der Waals surface area (Å²) in [5, 5.41) is 3.75. The predicted molar refractivity (Wildman–Crippen MR) is 74.4 cm³/mol. The number of nitrogens with zero attached hydrogens (tertiary/aromatic N) is 2. The molecule has 0 bridgehead atoms. The zero-order valence-electron chi connectivity index (χ0n) is 9.75. The molecule has 0 saturated heterocycles. The molecule has 0 amide bonds. The maximum Gasteiger partial charge on any atom is 0.148 e. The highest BCUT2D eigenvalue weighted by molar-refractivity contribution is 9.10. The quantitative estimate of drug-likeness (QED) is 0.650. The average molecular weight is 319 g/mol. The van der Waals surface area contributed by atoms with Crippen LogP contribution in [0.4, 0.5) is 5.82 Å². The monoisotopic (exact) mass is 317 g/mol. The number of halogens is 2. The van der Waals surface area contributed by atoms with E-state index in [1.165, 1.54) is 44.9 Å². The summed E-state index contributed by atoms with van der Waals surface area (Å²) in [6.07, 6.45) is 9.68. The van der Waals surface area contributed by atoms with Crippen molar-refractivity contribution in [2.24, 2.45) is 5.92 Å². The molecule has 0 aliphatic heterocycles. The van der Waals surface area contributed by atoms with Crippen LogP contribution in [0.15, 0.2) is 10.8 Å². The lowest BCUT2D eigenvalue weighted by molar-refractivity contribution is 0.491. The van der Waals surface area contributed by atoms with Crippen LogP contribution in [-0.2, 0) is 0 Å². The number of aromatic nitrogens is 2. The van der Waals surface area contributed by atoms with Gasteiger partial charge in [0.25, 0.3) is 0 Å². The van der Waals surface area contributed by atoms with Gasteiger partial charge in [-0.1, -0.05) is 37.3 Å². The molecule has 0 unspecified atom stereocenters. The van der Waals surface area contributed by atoms with E-state index in [2.05, 4.69) is 31.2 Å². The zero-order valence-corrected chi connectivity index (χ0v) is 12.1. The van der Waals surface area contributed by atoms with E-state index in [9.17, 15) is 0 Å². The van der Waals surface area contributed by atoms with Crippen molar-refractivity contribution in [2.75, 3.05) is 11.9 Å². The van der Waals surface area contributed by atoms with E-state index in [0.29, 0.717) is 5.15 Å². The van der Waals surface area contributed by atoms with Crippen molar-refractivity contribution >= 4 is 33.3 Å². The van der Waals surface area contributed by atoms with Gasteiger partial charge in [-0.25, -0.2) is 9.97 Å². The van der Waals surface area contributed by atoms with Crippen LogP contribution in [0.5, 0.6) is 0 Å². The number of anilines is 1. The molecule has 5 heteroatoms. The van der Waals surface area contributed by atoms with E-state index in [1.54, 1.807) is 0 Å². The summed E-state index contributed by atoms with van der Waals surface area (Å²) in [6, 6.07) is 0. The molecule has 0 radical (unpaired) electrons. The van der Waals surface area contributed by atoms with Crippen LogP contribution in [0, 0.1) is 5.92 Å². The third kappa shape index (κ3) is 3.81. The topological polar surface area (TPSA) is 37.8 Å². The zero-order chi connectivity index (χ0) is 12.1. The summed E-state index contributed by atoms with van der Waals surface area (Å²) in [5.74, 6) is 1.74. The van der Waals surface area contributed by atoms with Crippen LogP contribution in [0.1, 0.15) is 38.5 Å². The van der Waals surface area contributed by atoms with Crippen LogP contribution >= 0.6 is 27.5 Å². The Bertz CT molecular complexity index is 367. The molecule has 1 aromatic heterocycles. The van der Waals surface area contributed by atoms with Gasteiger partial charge >= 0.3 is 0 Å². The Kier molecular flexibility index (Phi) is 5.04. The molecule has 1 saturated carbocycles. The molecule has 1 N–H and O–H groups in total. The summed E-state index contributed by atoms with van der Waals surface area (Å²) >= 11 is 9.27. The van der Waals surface area contributed by atoms with E-state index >= 15 is 0 Å². The summed E-state index contributed by atoms with van der Waals surface area (Å²) in [5.41, 5.74) is 0. The largest absolute Gasteiger partial charge is 0.369 e. The van der Waals surface area contributed by atoms with Crippen LogP contribution < -0.4 is 5.32 Å². The Labute approximate surface area is 116 Å².